The van der Waals surface area contributed by atoms with Gasteiger partial charge in [0.2, 0.25) is 0 Å². The zero-order chi connectivity index (χ0) is 36.9. The fraction of sp³-hybridized carbons (Fsp3) is 0.250. The summed E-state index contributed by atoms with van der Waals surface area (Å²) in [5.41, 5.74) is 14.3. The first-order valence-corrected chi connectivity index (χ1v) is 21.4. The van der Waals surface area contributed by atoms with Crippen LogP contribution in [0.5, 0.6) is 0 Å². The van der Waals surface area contributed by atoms with Crippen LogP contribution in [-0.2, 0) is 10.8 Å². The second-order valence-corrected chi connectivity index (χ2v) is 19.1. The lowest BCUT2D eigenvalue weighted by Gasteiger charge is -2.61. The normalized spacial score (nSPS) is 24.5. The van der Waals surface area contributed by atoms with Crippen molar-refractivity contribution in [3.63, 3.8) is 0 Å². The molecule has 4 bridgehead atoms. The Hall–Kier alpha value is -5.45. The van der Waals surface area contributed by atoms with Gasteiger partial charge in [-0.15, -0.1) is 11.3 Å². The molecule has 0 N–H and O–H groups in total. The lowest BCUT2D eigenvalue weighted by atomic mass is 9.43. The van der Waals surface area contributed by atoms with E-state index < -0.39 is 0 Å². The molecule has 14 rings (SSSR count). The van der Waals surface area contributed by atoms with Crippen LogP contribution < -0.4 is 0 Å². The van der Waals surface area contributed by atoms with Crippen LogP contribution in [0.3, 0.4) is 0 Å². The summed E-state index contributed by atoms with van der Waals surface area (Å²) >= 11 is 1.94. The molecule has 6 aliphatic rings. The van der Waals surface area contributed by atoms with Gasteiger partial charge in [-0.3, -0.25) is 0 Å². The van der Waals surface area contributed by atoms with Crippen LogP contribution in [0.2, 0.25) is 0 Å². The Bertz CT molecular complexity index is 2940. The molecule has 2 aromatic heterocycles. The molecule has 4 saturated carbocycles. The van der Waals surface area contributed by atoms with Crippen LogP contribution in [-0.4, -0.2) is 15.0 Å². The molecule has 0 aliphatic heterocycles. The smallest absolute Gasteiger partial charge is 0.164 e. The van der Waals surface area contributed by atoms with E-state index in [0.29, 0.717) is 17.7 Å². The fourth-order valence-electron chi connectivity index (χ4n) is 12.8. The Kier molecular flexibility index (Phi) is 6.29. The number of hydrogen-bond acceptors (Lipinski definition) is 4. The number of nitrogens with zero attached hydrogens (tertiary/aromatic N) is 3. The summed E-state index contributed by atoms with van der Waals surface area (Å²) in [6, 6.07) is 47.5. The van der Waals surface area contributed by atoms with Crippen LogP contribution in [0.25, 0.3) is 76.6 Å². The van der Waals surface area contributed by atoms with E-state index in [1.54, 1.807) is 11.1 Å². The molecule has 6 aromatic carbocycles. The van der Waals surface area contributed by atoms with Gasteiger partial charge in [-0.25, -0.2) is 15.0 Å². The van der Waals surface area contributed by atoms with Crippen LogP contribution >= 0.6 is 11.3 Å². The summed E-state index contributed by atoms with van der Waals surface area (Å²) < 4.78 is 2.76. The van der Waals surface area contributed by atoms with E-state index in [1.807, 2.05) is 11.3 Å². The van der Waals surface area contributed by atoms with Gasteiger partial charge in [0.25, 0.3) is 0 Å². The third-order valence-corrected chi connectivity index (χ3v) is 16.1. The highest BCUT2D eigenvalue weighted by Gasteiger charge is 2.61. The highest BCUT2D eigenvalue weighted by Crippen LogP contribution is 2.70. The number of rotatable bonds is 3. The molecule has 56 heavy (non-hydrogen) atoms. The Labute approximate surface area is 331 Å². The van der Waals surface area contributed by atoms with Gasteiger partial charge < -0.3 is 0 Å². The molecule has 4 heteroatoms. The summed E-state index contributed by atoms with van der Waals surface area (Å²) in [6.45, 7) is 4.67. The van der Waals surface area contributed by atoms with Crippen LogP contribution in [0, 0.1) is 23.7 Å². The van der Waals surface area contributed by atoms with E-state index in [2.05, 4.69) is 141 Å². The number of fused-ring (bicyclic) bond motifs is 9. The highest BCUT2D eigenvalue weighted by molar-refractivity contribution is 7.25. The first kappa shape index (κ1) is 31.7. The maximum atomic E-state index is 5.41. The molecule has 0 amide bonds. The lowest BCUT2D eigenvalue weighted by Crippen LogP contribution is -2.55. The second-order valence-electron chi connectivity index (χ2n) is 18.0. The van der Waals surface area contributed by atoms with Crippen molar-refractivity contribution in [3.8, 4) is 56.4 Å². The zero-order valence-electron chi connectivity index (χ0n) is 31.7. The predicted octanol–water partition coefficient (Wildman–Crippen LogP) is 13.3. The number of aromatic nitrogens is 3. The monoisotopic (exact) mass is 739 g/mol. The van der Waals surface area contributed by atoms with Crippen molar-refractivity contribution >= 4 is 31.5 Å². The maximum Gasteiger partial charge on any atom is 0.164 e. The highest BCUT2D eigenvalue weighted by atomic mass is 32.1. The standard InChI is InChI=1S/C52H41N3S/c1-51(2)41-16-8-6-14-36(41)47-37(15-10-17-43(47)51)50-54-48(31-11-4-3-5-12-31)53-49(55-50)32-19-20-42-38(26-32)39-28-46-40(35-13-7-9-18-45(35)56-46)27-44(39)52(42)33-22-29-21-30(24-33)25-34(52)23-29/h3-20,26-30,33-34H,21-25H2,1-2H3. The average Bonchev–Trinajstić information content (AvgIpc) is 3.82. The largest absolute Gasteiger partial charge is 0.208 e. The molecule has 0 saturated heterocycles. The molecule has 0 radical (unpaired) electrons. The Morgan fingerprint density at radius 3 is 1.95 bits per heavy atom. The Morgan fingerprint density at radius 1 is 0.464 bits per heavy atom. The van der Waals surface area contributed by atoms with E-state index in [9.17, 15) is 0 Å². The molecule has 6 aliphatic carbocycles. The molecule has 3 nitrogen and oxygen atoms in total. The van der Waals surface area contributed by atoms with E-state index >= 15 is 0 Å². The van der Waals surface area contributed by atoms with Crippen molar-refractivity contribution in [2.45, 2.75) is 56.8 Å². The first-order chi connectivity index (χ1) is 27.4. The average molecular weight is 740 g/mol. The molecule has 1 spiro atoms. The van der Waals surface area contributed by atoms with Gasteiger partial charge in [0.15, 0.2) is 17.5 Å². The van der Waals surface area contributed by atoms with Gasteiger partial charge in [-0.1, -0.05) is 117 Å². The summed E-state index contributed by atoms with van der Waals surface area (Å²) in [7, 11) is 0. The van der Waals surface area contributed by atoms with E-state index in [0.717, 1.165) is 40.2 Å². The van der Waals surface area contributed by atoms with Crippen molar-refractivity contribution in [2.24, 2.45) is 23.7 Å². The molecular formula is C52H41N3S. The lowest BCUT2D eigenvalue weighted by molar-refractivity contribution is -0.0398. The van der Waals surface area contributed by atoms with E-state index in [1.165, 1.54) is 85.7 Å². The van der Waals surface area contributed by atoms with Gasteiger partial charge in [0.1, 0.15) is 0 Å². The van der Waals surface area contributed by atoms with Crippen molar-refractivity contribution in [3.05, 3.63) is 150 Å². The van der Waals surface area contributed by atoms with Gasteiger partial charge in [-0.05, 0) is 125 Å². The SMILES string of the molecule is CC1(C)c2ccccc2-c2c(-c3nc(-c4ccccc4)nc(-c4ccc5c(c4)-c4cc6sc7ccccc7c6cc4C54C5CC6CC(C5)CC4C6)n3)cccc21. The number of thiophene rings is 1. The minimum Gasteiger partial charge on any atom is -0.208 e. The predicted molar refractivity (Wildman–Crippen MR) is 230 cm³/mol. The first-order valence-electron chi connectivity index (χ1n) is 20.6. The van der Waals surface area contributed by atoms with Crippen molar-refractivity contribution < 1.29 is 0 Å². The molecule has 8 aromatic rings. The molecule has 2 heterocycles. The third kappa shape index (κ3) is 4.10. The van der Waals surface area contributed by atoms with Crippen molar-refractivity contribution in [1.82, 2.24) is 15.0 Å². The molecule has 270 valence electrons. The number of benzene rings is 6. The molecule has 0 unspecified atom stereocenters. The van der Waals surface area contributed by atoms with E-state index in [4.69, 9.17) is 15.0 Å². The third-order valence-electron chi connectivity index (χ3n) is 14.9. The molecular weight excluding hydrogens is 699 g/mol. The summed E-state index contributed by atoms with van der Waals surface area (Å²) in [5.74, 6) is 5.37. The Morgan fingerprint density at radius 2 is 1.12 bits per heavy atom. The second kappa shape index (κ2) is 11.1. The maximum absolute atomic E-state index is 5.41. The van der Waals surface area contributed by atoms with Crippen LogP contribution in [0.15, 0.2) is 127 Å². The summed E-state index contributed by atoms with van der Waals surface area (Å²) in [4.78, 5) is 16.0. The van der Waals surface area contributed by atoms with Gasteiger partial charge in [0.05, 0.1) is 0 Å². The van der Waals surface area contributed by atoms with Crippen molar-refractivity contribution in [1.29, 1.82) is 0 Å². The zero-order valence-corrected chi connectivity index (χ0v) is 32.5. The minimum absolute atomic E-state index is 0.0814. The van der Waals surface area contributed by atoms with Gasteiger partial charge in [-0.2, -0.15) is 0 Å². The van der Waals surface area contributed by atoms with Gasteiger partial charge >= 0.3 is 0 Å². The van der Waals surface area contributed by atoms with Crippen LogP contribution in [0.4, 0.5) is 0 Å². The topological polar surface area (TPSA) is 38.7 Å². The van der Waals surface area contributed by atoms with E-state index in [-0.39, 0.29) is 10.8 Å². The van der Waals surface area contributed by atoms with Crippen molar-refractivity contribution in [2.75, 3.05) is 0 Å². The quantitative estimate of drug-likeness (QED) is 0.181. The van der Waals surface area contributed by atoms with Gasteiger partial charge in [0, 0.05) is 47.7 Å². The van der Waals surface area contributed by atoms with Crippen LogP contribution in [0.1, 0.15) is 68.2 Å². The molecule has 0 atom stereocenters. The number of hydrogen-bond donors (Lipinski definition) is 0. The minimum atomic E-state index is -0.110. The summed E-state index contributed by atoms with van der Waals surface area (Å²) in [6.07, 6.45) is 6.93. The fourth-order valence-corrected chi connectivity index (χ4v) is 14.0. The summed E-state index contributed by atoms with van der Waals surface area (Å²) in [5, 5.41) is 2.83. The molecule has 4 fully saturated rings. The Balaban J connectivity index is 1.04.